The number of nitro benzene ring substituents is 1. The number of nitrogens with one attached hydrogen (secondary N) is 1. The molecule has 6 nitrogen and oxygen atoms in total. The van der Waals surface area contributed by atoms with Gasteiger partial charge in [-0.25, -0.2) is 4.79 Å². The second kappa shape index (κ2) is 6.27. The molecule has 0 radical (unpaired) electrons. The first-order chi connectivity index (χ1) is 10.0. The van der Waals surface area contributed by atoms with Gasteiger partial charge in [-0.2, -0.15) is 0 Å². The summed E-state index contributed by atoms with van der Waals surface area (Å²) in [6.45, 7) is 0. The Hall–Kier alpha value is -2.54. The molecule has 0 fully saturated rings. The van der Waals surface area contributed by atoms with Crippen LogP contribution in [0.25, 0.3) is 0 Å². The fraction of sp³-hybridized carbons (Fsp3) is 0.0714. The van der Waals surface area contributed by atoms with Crippen molar-refractivity contribution in [1.82, 2.24) is 0 Å². The number of hydrogen-bond acceptors (Lipinski definition) is 5. The third-order valence-corrected chi connectivity index (χ3v) is 3.55. The second-order valence-corrected chi connectivity index (χ2v) is 5.03. The van der Waals surface area contributed by atoms with E-state index in [2.05, 4.69) is 5.32 Å². The molecule has 0 aliphatic carbocycles. The van der Waals surface area contributed by atoms with Crippen molar-refractivity contribution < 1.29 is 14.8 Å². The summed E-state index contributed by atoms with van der Waals surface area (Å²) in [7, 11) is 0. The minimum atomic E-state index is -1.33. The maximum atomic E-state index is 11.1. The topological polar surface area (TPSA) is 92.5 Å². The third kappa shape index (κ3) is 3.51. The molecule has 0 aromatic heterocycles. The molecular weight excluding hydrogens is 292 g/mol. The Bertz CT molecular complexity index is 686. The lowest BCUT2D eigenvalue weighted by Gasteiger charge is -2.08. The fourth-order valence-electron chi connectivity index (χ4n) is 1.79. The van der Waals surface area contributed by atoms with Crippen LogP contribution in [0, 0.1) is 10.1 Å². The quantitative estimate of drug-likeness (QED) is 0.496. The van der Waals surface area contributed by atoms with E-state index in [0.717, 1.165) is 10.6 Å². The van der Waals surface area contributed by atoms with Crippen LogP contribution in [0.1, 0.15) is 10.4 Å². The SMILES string of the molecule is CSc1ccc(Nc2ccc([N+](=O)[O-])c(C(=O)O)c2)cc1. The minimum absolute atomic E-state index is 0.342. The van der Waals surface area contributed by atoms with Gasteiger partial charge in [0.2, 0.25) is 0 Å². The van der Waals surface area contributed by atoms with E-state index in [4.69, 9.17) is 5.11 Å². The second-order valence-electron chi connectivity index (χ2n) is 4.15. The van der Waals surface area contributed by atoms with Crippen LogP contribution in [0.3, 0.4) is 0 Å². The zero-order valence-electron chi connectivity index (χ0n) is 11.1. The van der Waals surface area contributed by atoms with Gasteiger partial charge in [0.25, 0.3) is 5.69 Å². The molecule has 21 heavy (non-hydrogen) atoms. The number of carboxylic acid groups (broad SMARTS) is 1. The van der Waals surface area contributed by atoms with Crippen molar-refractivity contribution in [3.63, 3.8) is 0 Å². The molecule has 2 N–H and O–H groups in total. The number of aromatic carboxylic acids is 1. The van der Waals surface area contributed by atoms with Crippen LogP contribution in [-0.4, -0.2) is 22.3 Å². The predicted molar refractivity (Wildman–Crippen MR) is 81.6 cm³/mol. The Morgan fingerprint density at radius 2 is 1.81 bits per heavy atom. The molecule has 0 unspecified atom stereocenters. The number of benzene rings is 2. The Balaban J connectivity index is 2.29. The molecule has 0 amide bonds. The molecule has 0 saturated heterocycles. The number of thioether (sulfide) groups is 1. The number of rotatable bonds is 5. The van der Waals surface area contributed by atoms with Crippen LogP contribution >= 0.6 is 11.8 Å². The standard InChI is InChI=1S/C14H12N2O4S/c1-21-11-5-2-9(3-6-11)15-10-4-7-13(16(19)20)12(8-10)14(17)18/h2-8,15H,1H3,(H,17,18). The van der Waals surface area contributed by atoms with Gasteiger partial charge in [0.1, 0.15) is 5.56 Å². The van der Waals surface area contributed by atoms with Crippen LogP contribution in [0.4, 0.5) is 17.1 Å². The molecule has 2 aromatic rings. The molecule has 0 aliphatic rings. The summed E-state index contributed by atoms with van der Waals surface area (Å²) in [6.07, 6.45) is 1.97. The number of anilines is 2. The highest BCUT2D eigenvalue weighted by atomic mass is 32.2. The van der Waals surface area contributed by atoms with Crippen molar-refractivity contribution in [2.45, 2.75) is 4.90 Å². The smallest absolute Gasteiger partial charge is 0.342 e. The summed E-state index contributed by atoms with van der Waals surface area (Å²) in [5.41, 5.74) is 0.490. The third-order valence-electron chi connectivity index (χ3n) is 2.80. The lowest BCUT2D eigenvalue weighted by Crippen LogP contribution is -2.03. The molecule has 7 heteroatoms. The zero-order valence-corrected chi connectivity index (χ0v) is 11.9. The summed E-state index contributed by atoms with van der Waals surface area (Å²) >= 11 is 1.61. The van der Waals surface area contributed by atoms with Gasteiger partial charge >= 0.3 is 5.97 Å². The lowest BCUT2D eigenvalue weighted by atomic mass is 10.1. The summed E-state index contributed by atoms with van der Waals surface area (Å²) in [5.74, 6) is -1.33. The van der Waals surface area contributed by atoms with Crippen LogP contribution in [-0.2, 0) is 0 Å². The van der Waals surface area contributed by atoms with Crippen molar-refractivity contribution in [1.29, 1.82) is 0 Å². The van der Waals surface area contributed by atoms with Crippen LogP contribution in [0.15, 0.2) is 47.4 Å². The van der Waals surface area contributed by atoms with E-state index in [-0.39, 0.29) is 5.56 Å². The molecule has 0 heterocycles. The first kappa shape index (κ1) is 14.9. The van der Waals surface area contributed by atoms with Crippen molar-refractivity contribution in [2.75, 3.05) is 11.6 Å². The summed E-state index contributed by atoms with van der Waals surface area (Å²) in [4.78, 5) is 22.3. The average Bonchev–Trinajstić information content (AvgIpc) is 2.47. The van der Waals surface area contributed by atoms with Gasteiger partial charge in [0.05, 0.1) is 4.92 Å². The van der Waals surface area contributed by atoms with Crippen LogP contribution in [0.5, 0.6) is 0 Å². The van der Waals surface area contributed by atoms with Crippen molar-refractivity contribution in [3.05, 3.63) is 58.1 Å². The molecule has 0 atom stereocenters. The molecule has 2 rings (SSSR count). The number of nitro groups is 1. The number of carboxylic acids is 1. The van der Waals surface area contributed by atoms with E-state index in [1.54, 1.807) is 11.8 Å². The van der Waals surface area contributed by atoms with Gasteiger partial charge in [-0.3, -0.25) is 10.1 Å². The Kier molecular flexibility index (Phi) is 4.44. The molecule has 0 spiro atoms. The van der Waals surface area contributed by atoms with Gasteiger partial charge in [0.15, 0.2) is 0 Å². The maximum Gasteiger partial charge on any atom is 0.342 e. The lowest BCUT2D eigenvalue weighted by molar-refractivity contribution is -0.385. The average molecular weight is 304 g/mol. The molecule has 0 aliphatic heterocycles. The first-order valence-electron chi connectivity index (χ1n) is 5.94. The van der Waals surface area contributed by atoms with Crippen LogP contribution < -0.4 is 5.32 Å². The molecule has 0 bridgehead atoms. The Morgan fingerprint density at radius 1 is 1.19 bits per heavy atom. The van der Waals surface area contributed by atoms with Gasteiger partial charge in [-0.15, -0.1) is 11.8 Å². The van der Waals surface area contributed by atoms with Gasteiger partial charge in [-0.05, 0) is 42.7 Å². The van der Waals surface area contributed by atoms with E-state index >= 15 is 0 Å². The van der Waals surface area contributed by atoms with Gasteiger partial charge in [-0.1, -0.05) is 0 Å². The summed E-state index contributed by atoms with van der Waals surface area (Å²) < 4.78 is 0. The predicted octanol–water partition coefficient (Wildman–Crippen LogP) is 3.76. The summed E-state index contributed by atoms with van der Waals surface area (Å²) in [5, 5.41) is 22.8. The minimum Gasteiger partial charge on any atom is -0.477 e. The Morgan fingerprint density at radius 3 is 2.33 bits per heavy atom. The van der Waals surface area contributed by atoms with Crippen molar-refractivity contribution in [3.8, 4) is 0 Å². The Labute approximate surface area is 125 Å². The highest BCUT2D eigenvalue weighted by Crippen LogP contribution is 2.26. The van der Waals surface area contributed by atoms with Crippen molar-refractivity contribution in [2.24, 2.45) is 0 Å². The largest absolute Gasteiger partial charge is 0.477 e. The molecule has 2 aromatic carbocycles. The molecule has 108 valence electrons. The fourth-order valence-corrected chi connectivity index (χ4v) is 2.19. The number of hydrogen-bond donors (Lipinski definition) is 2. The zero-order chi connectivity index (χ0) is 15.4. The number of nitrogens with zero attached hydrogens (tertiary/aromatic N) is 1. The van der Waals surface area contributed by atoms with Crippen molar-refractivity contribution >= 4 is 34.8 Å². The van der Waals surface area contributed by atoms with Crippen LogP contribution in [0.2, 0.25) is 0 Å². The first-order valence-corrected chi connectivity index (χ1v) is 7.16. The van der Waals surface area contributed by atoms with E-state index in [9.17, 15) is 14.9 Å². The van der Waals surface area contributed by atoms with Gasteiger partial charge in [0, 0.05) is 22.3 Å². The summed E-state index contributed by atoms with van der Waals surface area (Å²) in [6, 6.07) is 11.5. The molecular formula is C14H12N2O4S. The molecule has 0 saturated carbocycles. The van der Waals surface area contributed by atoms with E-state index in [0.29, 0.717) is 5.69 Å². The normalized spacial score (nSPS) is 10.1. The maximum absolute atomic E-state index is 11.1. The van der Waals surface area contributed by atoms with Gasteiger partial charge < -0.3 is 10.4 Å². The van der Waals surface area contributed by atoms with E-state index < -0.39 is 16.6 Å². The van der Waals surface area contributed by atoms with E-state index in [1.807, 2.05) is 30.5 Å². The number of carbonyl (C=O) groups is 1. The van der Waals surface area contributed by atoms with E-state index in [1.165, 1.54) is 18.2 Å². The highest BCUT2D eigenvalue weighted by Gasteiger charge is 2.19. The monoisotopic (exact) mass is 304 g/mol. The highest BCUT2D eigenvalue weighted by molar-refractivity contribution is 7.98.